The van der Waals surface area contributed by atoms with Crippen LogP contribution in [0.1, 0.15) is 11.4 Å². The SMILES string of the molecule is Cn1c(Cc2ccccc2)nnc1SCC(=O)Nc1ccc(Cl)c(Cl)c1. The molecule has 0 saturated heterocycles. The van der Waals surface area contributed by atoms with E-state index >= 15 is 0 Å². The number of aromatic nitrogens is 3. The van der Waals surface area contributed by atoms with Crippen LogP contribution in [0, 0.1) is 0 Å². The molecule has 2 aromatic carbocycles. The molecule has 0 aliphatic carbocycles. The molecule has 3 aromatic rings. The fourth-order valence-electron chi connectivity index (χ4n) is 2.30. The maximum atomic E-state index is 12.1. The van der Waals surface area contributed by atoms with Gasteiger partial charge < -0.3 is 9.88 Å². The average Bonchev–Trinajstić information content (AvgIpc) is 2.97. The van der Waals surface area contributed by atoms with Crippen LogP contribution in [0.5, 0.6) is 0 Å². The number of rotatable bonds is 6. The van der Waals surface area contributed by atoms with Gasteiger partial charge >= 0.3 is 0 Å². The fourth-order valence-corrected chi connectivity index (χ4v) is 3.33. The minimum atomic E-state index is -0.152. The molecule has 0 aliphatic rings. The van der Waals surface area contributed by atoms with Gasteiger partial charge in [0.1, 0.15) is 5.82 Å². The van der Waals surface area contributed by atoms with Gasteiger partial charge in [0.15, 0.2) is 5.16 Å². The highest BCUT2D eigenvalue weighted by Crippen LogP contribution is 2.25. The first kappa shape index (κ1) is 18.8. The summed E-state index contributed by atoms with van der Waals surface area (Å²) in [5, 5.41) is 12.7. The summed E-state index contributed by atoms with van der Waals surface area (Å²) in [5.41, 5.74) is 1.77. The average molecular weight is 407 g/mol. The number of anilines is 1. The minimum Gasteiger partial charge on any atom is -0.325 e. The van der Waals surface area contributed by atoms with E-state index in [0.717, 1.165) is 11.4 Å². The lowest BCUT2D eigenvalue weighted by molar-refractivity contribution is -0.113. The second-order valence-corrected chi connectivity index (χ2v) is 7.34. The zero-order valence-corrected chi connectivity index (χ0v) is 16.3. The normalized spacial score (nSPS) is 10.7. The summed E-state index contributed by atoms with van der Waals surface area (Å²) < 4.78 is 1.91. The molecule has 0 saturated carbocycles. The van der Waals surface area contributed by atoms with E-state index in [1.165, 1.54) is 11.8 Å². The Morgan fingerprint density at radius 1 is 1.12 bits per heavy atom. The van der Waals surface area contributed by atoms with Crippen molar-refractivity contribution in [3.05, 3.63) is 70.0 Å². The molecule has 26 heavy (non-hydrogen) atoms. The van der Waals surface area contributed by atoms with E-state index in [9.17, 15) is 4.79 Å². The highest BCUT2D eigenvalue weighted by atomic mass is 35.5. The fraction of sp³-hybridized carbons (Fsp3) is 0.167. The molecule has 0 bridgehead atoms. The number of carbonyl (C=O) groups excluding carboxylic acids is 1. The summed E-state index contributed by atoms with van der Waals surface area (Å²) in [6, 6.07) is 15.0. The summed E-state index contributed by atoms with van der Waals surface area (Å²) in [6.07, 6.45) is 0.695. The summed E-state index contributed by atoms with van der Waals surface area (Å²) in [6.45, 7) is 0. The van der Waals surface area contributed by atoms with E-state index in [4.69, 9.17) is 23.2 Å². The third-order valence-electron chi connectivity index (χ3n) is 3.67. The lowest BCUT2D eigenvalue weighted by atomic mass is 10.1. The molecule has 5 nitrogen and oxygen atoms in total. The third-order valence-corrected chi connectivity index (χ3v) is 5.43. The van der Waals surface area contributed by atoms with Gasteiger partial charge in [0.05, 0.1) is 15.8 Å². The van der Waals surface area contributed by atoms with E-state index < -0.39 is 0 Å². The van der Waals surface area contributed by atoms with Crippen molar-refractivity contribution >= 4 is 46.6 Å². The second-order valence-electron chi connectivity index (χ2n) is 5.59. The summed E-state index contributed by atoms with van der Waals surface area (Å²) in [4.78, 5) is 12.1. The first-order valence-corrected chi connectivity index (χ1v) is 9.57. The summed E-state index contributed by atoms with van der Waals surface area (Å²) >= 11 is 13.2. The number of carbonyl (C=O) groups is 1. The van der Waals surface area contributed by atoms with E-state index in [2.05, 4.69) is 15.5 Å². The maximum absolute atomic E-state index is 12.1. The molecule has 0 radical (unpaired) electrons. The smallest absolute Gasteiger partial charge is 0.234 e. The summed E-state index contributed by atoms with van der Waals surface area (Å²) in [5.74, 6) is 0.918. The number of hydrogen-bond donors (Lipinski definition) is 1. The largest absolute Gasteiger partial charge is 0.325 e. The zero-order valence-electron chi connectivity index (χ0n) is 13.9. The van der Waals surface area contributed by atoms with Crippen molar-refractivity contribution in [1.29, 1.82) is 0 Å². The van der Waals surface area contributed by atoms with Gasteiger partial charge in [0.2, 0.25) is 5.91 Å². The Balaban J connectivity index is 1.57. The van der Waals surface area contributed by atoms with E-state index in [-0.39, 0.29) is 11.7 Å². The highest BCUT2D eigenvalue weighted by Gasteiger charge is 2.12. The van der Waals surface area contributed by atoms with Crippen LogP contribution in [0.4, 0.5) is 5.69 Å². The molecule has 8 heteroatoms. The molecule has 0 fully saturated rings. The Bertz CT molecular complexity index is 915. The lowest BCUT2D eigenvalue weighted by Crippen LogP contribution is -2.14. The standard InChI is InChI=1S/C18H16Cl2N4OS/c1-24-16(9-12-5-3-2-4-6-12)22-23-18(24)26-11-17(25)21-13-7-8-14(19)15(20)10-13/h2-8,10H,9,11H2,1H3,(H,21,25). The minimum absolute atomic E-state index is 0.152. The summed E-state index contributed by atoms with van der Waals surface area (Å²) in [7, 11) is 1.90. The number of benzene rings is 2. The molecule has 1 aromatic heterocycles. The lowest BCUT2D eigenvalue weighted by Gasteiger charge is -2.06. The van der Waals surface area contributed by atoms with Crippen LogP contribution in [0.3, 0.4) is 0 Å². The molecule has 0 atom stereocenters. The molecule has 1 amide bonds. The number of hydrogen-bond acceptors (Lipinski definition) is 4. The highest BCUT2D eigenvalue weighted by molar-refractivity contribution is 7.99. The van der Waals surface area contributed by atoms with Crippen LogP contribution >= 0.6 is 35.0 Å². The van der Waals surface area contributed by atoms with Crippen molar-refractivity contribution in [2.24, 2.45) is 7.05 Å². The van der Waals surface area contributed by atoms with Crippen molar-refractivity contribution < 1.29 is 4.79 Å². The second kappa shape index (κ2) is 8.58. The van der Waals surface area contributed by atoms with Crippen LogP contribution in [0.25, 0.3) is 0 Å². The van der Waals surface area contributed by atoms with Crippen molar-refractivity contribution in [2.45, 2.75) is 11.6 Å². The molecule has 0 unspecified atom stereocenters. The number of halogens is 2. The maximum Gasteiger partial charge on any atom is 0.234 e. The molecular weight excluding hydrogens is 391 g/mol. The van der Waals surface area contributed by atoms with Crippen LogP contribution in [-0.2, 0) is 18.3 Å². The van der Waals surface area contributed by atoms with Gasteiger partial charge in [-0.15, -0.1) is 10.2 Å². The Hall–Kier alpha value is -2.02. The topological polar surface area (TPSA) is 59.8 Å². The molecule has 3 rings (SSSR count). The third kappa shape index (κ3) is 4.78. The first-order chi connectivity index (χ1) is 12.5. The number of amides is 1. The first-order valence-electron chi connectivity index (χ1n) is 7.83. The van der Waals surface area contributed by atoms with Crippen LogP contribution in [-0.4, -0.2) is 26.4 Å². The molecule has 1 N–H and O–H groups in total. The molecule has 1 heterocycles. The number of nitrogens with zero attached hydrogens (tertiary/aromatic N) is 3. The van der Waals surface area contributed by atoms with Crippen molar-refractivity contribution in [2.75, 3.05) is 11.1 Å². The quantitative estimate of drug-likeness (QED) is 0.614. The van der Waals surface area contributed by atoms with Crippen molar-refractivity contribution in [3.8, 4) is 0 Å². The van der Waals surface area contributed by atoms with Crippen LogP contribution < -0.4 is 5.32 Å². The Morgan fingerprint density at radius 2 is 1.88 bits per heavy atom. The van der Waals surface area contributed by atoms with E-state index in [1.807, 2.05) is 41.9 Å². The van der Waals surface area contributed by atoms with Gasteiger partial charge in [0.25, 0.3) is 0 Å². The Kier molecular flexibility index (Phi) is 6.19. The van der Waals surface area contributed by atoms with Crippen molar-refractivity contribution in [3.63, 3.8) is 0 Å². The van der Waals surface area contributed by atoms with Crippen LogP contribution in [0.15, 0.2) is 53.7 Å². The number of thioether (sulfide) groups is 1. The van der Waals surface area contributed by atoms with Crippen LogP contribution in [0.2, 0.25) is 10.0 Å². The molecule has 134 valence electrons. The monoisotopic (exact) mass is 406 g/mol. The zero-order chi connectivity index (χ0) is 18.5. The predicted molar refractivity (Wildman–Crippen MR) is 106 cm³/mol. The van der Waals surface area contributed by atoms with Gasteiger partial charge in [-0.1, -0.05) is 65.3 Å². The van der Waals surface area contributed by atoms with E-state index in [0.29, 0.717) is 27.3 Å². The van der Waals surface area contributed by atoms with E-state index in [1.54, 1.807) is 18.2 Å². The molecule has 0 aliphatic heterocycles. The number of nitrogens with one attached hydrogen (secondary N) is 1. The van der Waals surface area contributed by atoms with Gasteiger partial charge in [0, 0.05) is 19.2 Å². The van der Waals surface area contributed by atoms with Gasteiger partial charge in [-0.2, -0.15) is 0 Å². The molecular formula is C18H16Cl2N4OS. The van der Waals surface area contributed by atoms with Gasteiger partial charge in [-0.05, 0) is 23.8 Å². The predicted octanol–water partition coefficient (Wildman–Crippen LogP) is 4.44. The Labute approximate surface area is 165 Å². The van der Waals surface area contributed by atoms with Crippen molar-refractivity contribution in [1.82, 2.24) is 14.8 Å². The van der Waals surface area contributed by atoms with Gasteiger partial charge in [-0.25, -0.2) is 0 Å². The van der Waals surface area contributed by atoms with Gasteiger partial charge in [-0.3, -0.25) is 4.79 Å². The molecule has 0 spiro atoms. The Morgan fingerprint density at radius 3 is 2.62 bits per heavy atom.